The third-order valence-corrected chi connectivity index (χ3v) is 9.44. The van der Waals surface area contributed by atoms with Crippen LogP contribution in [0.3, 0.4) is 0 Å². The average Bonchev–Trinajstić information content (AvgIpc) is 3.15. The summed E-state index contributed by atoms with van der Waals surface area (Å²) >= 11 is 0. The zero-order valence-electron chi connectivity index (χ0n) is 31.4. The van der Waals surface area contributed by atoms with E-state index in [-0.39, 0.29) is 24.8 Å². The second-order valence-corrected chi connectivity index (χ2v) is 13.9. The van der Waals surface area contributed by atoms with Crippen molar-refractivity contribution in [3.8, 4) is 0 Å². The van der Waals surface area contributed by atoms with Crippen molar-refractivity contribution in [2.75, 3.05) is 20.3 Å². The van der Waals surface area contributed by atoms with Gasteiger partial charge in [-0.3, -0.25) is 0 Å². The maximum atomic E-state index is 11.6. The molecule has 0 N–H and O–H groups in total. The summed E-state index contributed by atoms with van der Waals surface area (Å²) < 4.78 is 17.0. The molecule has 0 aliphatic heterocycles. The van der Waals surface area contributed by atoms with Gasteiger partial charge in [0.15, 0.2) is 0 Å². The summed E-state index contributed by atoms with van der Waals surface area (Å²) in [5, 5.41) is 0. The van der Waals surface area contributed by atoms with Crippen molar-refractivity contribution in [3.05, 3.63) is 155 Å². The maximum absolute atomic E-state index is 11.6. The summed E-state index contributed by atoms with van der Waals surface area (Å²) in [4.78, 5) is 22.4. The second-order valence-electron chi connectivity index (χ2n) is 13.9. The van der Waals surface area contributed by atoms with Gasteiger partial charge < -0.3 is 19.0 Å². The van der Waals surface area contributed by atoms with E-state index >= 15 is 0 Å². The number of hydrogen-bond donors (Lipinski definition) is 0. The van der Waals surface area contributed by atoms with Crippen molar-refractivity contribution < 1.29 is 23.8 Å². The van der Waals surface area contributed by atoms with E-state index < -0.39 is 0 Å². The lowest BCUT2D eigenvalue weighted by atomic mass is 9.82. The molecule has 0 unspecified atom stereocenters. The molecule has 0 radical (unpaired) electrons. The summed E-state index contributed by atoms with van der Waals surface area (Å²) in [5.74, 6) is 1.38. The van der Waals surface area contributed by atoms with Crippen molar-refractivity contribution in [2.45, 2.75) is 72.5 Å². The maximum Gasteiger partial charge on any atom is 0.333 e. The molecule has 0 amide bonds. The predicted molar refractivity (Wildman–Crippen MR) is 209 cm³/mol. The number of carbonyl (C=O) groups excluding carboxylic acids is 2. The minimum Gasteiger partial charge on any atom is -0.466 e. The number of ether oxygens (including phenoxy) is 3. The van der Waals surface area contributed by atoms with Gasteiger partial charge in [-0.25, -0.2) is 4.79 Å². The fourth-order valence-corrected chi connectivity index (χ4v) is 6.43. The Kier molecular flexibility index (Phi) is 18.7. The van der Waals surface area contributed by atoms with Crippen molar-refractivity contribution >= 4 is 12.3 Å². The Balaban J connectivity index is 0.000000281. The summed E-state index contributed by atoms with van der Waals surface area (Å²) in [6.07, 6.45) is 6.38. The van der Waals surface area contributed by atoms with Gasteiger partial charge in [-0.15, -0.1) is 0 Å². The number of esters is 1. The summed E-state index contributed by atoms with van der Waals surface area (Å²) in [5.41, 5.74) is 5.73. The Morgan fingerprint density at radius 3 is 1.20 bits per heavy atom. The van der Waals surface area contributed by atoms with Gasteiger partial charge in [-0.05, 0) is 84.6 Å². The first-order valence-corrected chi connectivity index (χ1v) is 18.3. The van der Waals surface area contributed by atoms with Crippen molar-refractivity contribution in [1.82, 2.24) is 0 Å². The van der Waals surface area contributed by atoms with Crippen molar-refractivity contribution in [1.29, 1.82) is 0 Å². The van der Waals surface area contributed by atoms with Gasteiger partial charge in [0.25, 0.3) is 0 Å². The molecule has 0 aromatic heterocycles. The lowest BCUT2D eigenvalue weighted by Crippen LogP contribution is -2.32. The standard InChI is InChI=1S/C25H32O3.C21H26O2/c1-19(2)23(17-21-11-7-5-8-12-21)24(18-22-13-9-6-10-14-22)28-16-15-20(3)25(26)27-4;1-17(2)20(15-18-9-5-3-6-10-18)21(23-14-13-22)16-19-11-7-4-8-12-19/h5-15,19,23-24H,16-18H2,1-4H3;3-13,17,20-21H,14-16H2,1-2H3/t23-,24+;20-,21+/m00/s1. The zero-order chi connectivity index (χ0) is 36.8. The third kappa shape index (κ3) is 15.2. The van der Waals surface area contributed by atoms with E-state index in [9.17, 15) is 9.59 Å². The van der Waals surface area contributed by atoms with E-state index in [1.54, 1.807) is 6.92 Å². The SMILES string of the molecule is CC(C)[C@H](Cc1ccccc1)[C@@H](Cc1ccccc1)OCC=O.COC(=O)C(C)=CCO[C@H](Cc1ccccc1)[C@@H](Cc1ccccc1)C(C)C. The molecule has 5 nitrogen and oxygen atoms in total. The van der Waals surface area contributed by atoms with Crippen LogP contribution in [0, 0.1) is 23.7 Å². The first-order chi connectivity index (χ1) is 24.7. The number of hydrogen-bond acceptors (Lipinski definition) is 5. The average molecular weight is 691 g/mol. The highest BCUT2D eigenvalue weighted by Crippen LogP contribution is 2.27. The Hall–Kier alpha value is -4.32. The van der Waals surface area contributed by atoms with Crippen LogP contribution in [0.1, 0.15) is 56.9 Å². The smallest absolute Gasteiger partial charge is 0.333 e. The van der Waals surface area contributed by atoms with Crippen LogP contribution in [-0.2, 0) is 49.5 Å². The van der Waals surface area contributed by atoms with E-state index in [4.69, 9.17) is 14.2 Å². The molecular formula is C46H58O5. The van der Waals surface area contributed by atoms with E-state index in [1.807, 2.05) is 42.5 Å². The Morgan fingerprint density at radius 1 is 0.549 bits per heavy atom. The molecule has 0 saturated carbocycles. The quantitative estimate of drug-likeness (QED) is 0.0557. The van der Waals surface area contributed by atoms with Gasteiger partial charge in [0.2, 0.25) is 0 Å². The van der Waals surface area contributed by atoms with E-state index in [0.717, 1.165) is 32.0 Å². The molecule has 272 valence electrons. The van der Waals surface area contributed by atoms with Crippen LogP contribution in [-0.4, -0.2) is 44.8 Å². The third-order valence-electron chi connectivity index (χ3n) is 9.44. The highest BCUT2D eigenvalue weighted by molar-refractivity contribution is 5.87. The number of carbonyl (C=O) groups is 2. The normalized spacial score (nSPS) is 13.8. The molecule has 0 saturated heterocycles. The Labute approximate surface area is 307 Å². The molecule has 0 spiro atoms. The number of rotatable bonds is 19. The first kappa shape index (κ1) is 41.1. The van der Waals surface area contributed by atoms with Gasteiger partial charge in [-0.1, -0.05) is 149 Å². The fraction of sp³-hybridized carbons (Fsp3) is 0.391. The van der Waals surface area contributed by atoms with Gasteiger partial charge in [-0.2, -0.15) is 0 Å². The molecule has 0 heterocycles. The van der Waals surface area contributed by atoms with Crippen LogP contribution >= 0.6 is 0 Å². The molecule has 0 fully saturated rings. The molecule has 4 aromatic rings. The van der Waals surface area contributed by atoms with Crippen LogP contribution in [0.25, 0.3) is 0 Å². The second kappa shape index (κ2) is 23.2. The van der Waals surface area contributed by atoms with Crippen LogP contribution < -0.4 is 0 Å². The molecule has 0 aliphatic rings. The minimum absolute atomic E-state index is 0.0443. The molecule has 51 heavy (non-hydrogen) atoms. The Bertz CT molecular complexity index is 1530. The number of benzene rings is 4. The predicted octanol–water partition coefficient (Wildman–Crippen LogP) is 9.58. The number of methoxy groups -OCH3 is 1. The molecule has 4 aromatic carbocycles. The van der Waals surface area contributed by atoms with Crippen LogP contribution in [0.4, 0.5) is 0 Å². The molecule has 4 atom stereocenters. The summed E-state index contributed by atoms with van der Waals surface area (Å²) in [6, 6.07) is 41.9. The number of aldehydes is 1. The largest absolute Gasteiger partial charge is 0.466 e. The highest BCUT2D eigenvalue weighted by Gasteiger charge is 2.27. The molecule has 4 rings (SSSR count). The topological polar surface area (TPSA) is 61.8 Å². The van der Waals surface area contributed by atoms with Crippen molar-refractivity contribution in [3.63, 3.8) is 0 Å². The van der Waals surface area contributed by atoms with E-state index in [2.05, 4.69) is 113 Å². The summed E-state index contributed by atoms with van der Waals surface area (Å²) in [7, 11) is 1.40. The monoisotopic (exact) mass is 690 g/mol. The minimum atomic E-state index is -0.312. The van der Waals surface area contributed by atoms with Crippen LogP contribution in [0.5, 0.6) is 0 Å². The van der Waals surface area contributed by atoms with Crippen LogP contribution in [0.2, 0.25) is 0 Å². The summed E-state index contributed by atoms with van der Waals surface area (Å²) in [6.45, 7) is 11.3. The highest BCUT2D eigenvalue weighted by atomic mass is 16.5. The fourth-order valence-electron chi connectivity index (χ4n) is 6.43. The molecule has 0 aliphatic carbocycles. The lowest BCUT2D eigenvalue weighted by Gasteiger charge is -2.30. The lowest BCUT2D eigenvalue weighted by molar-refractivity contribution is -0.136. The molecule has 5 heteroatoms. The van der Waals surface area contributed by atoms with Gasteiger partial charge in [0.1, 0.15) is 12.9 Å². The molecular weight excluding hydrogens is 633 g/mol. The Morgan fingerprint density at radius 2 is 0.882 bits per heavy atom. The van der Waals surface area contributed by atoms with Gasteiger partial charge in [0.05, 0.1) is 25.9 Å². The van der Waals surface area contributed by atoms with E-state index in [1.165, 1.54) is 29.4 Å². The van der Waals surface area contributed by atoms with Gasteiger partial charge in [0, 0.05) is 5.57 Å². The van der Waals surface area contributed by atoms with Crippen LogP contribution in [0.15, 0.2) is 133 Å². The van der Waals surface area contributed by atoms with Crippen molar-refractivity contribution in [2.24, 2.45) is 23.7 Å². The van der Waals surface area contributed by atoms with Gasteiger partial charge >= 0.3 is 5.97 Å². The first-order valence-electron chi connectivity index (χ1n) is 18.3. The molecule has 0 bridgehead atoms. The van der Waals surface area contributed by atoms with E-state index in [0.29, 0.717) is 35.9 Å². The zero-order valence-corrected chi connectivity index (χ0v) is 31.4.